The van der Waals surface area contributed by atoms with Crippen LogP contribution in [-0.2, 0) is 27.3 Å². The van der Waals surface area contributed by atoms with E-state index in [9.17, 15) is 19.5 Å². The lowest BCUT2D eigenvalue weighted by molar-refractivity contribution is -0.145. The van der Waals surface area contributed by atoms with Crippen molar-refractivity contribution >= 4 is 52.2 Å². The lowest BCUT2D eigenvalue weighted by atomic mass is 9.94. The van der Waals surface area contributed by atoms with E-state index in [-0.39, 0.29) is 49.6 Å². The van der Waals surface area contributed by atoms with Gasteiger partial charge in [0.2, 0.25) is 17.7 Å². The Morgan fingerprint density at radius 3 is 2.59 bits per heavy atom. The first-order valence-corrected chi connectivity index (χ1v) is 14.6. The van der Waals surface area contributed by atoms with E-state index in [4.69, 9.17) is 0 Å². The average Bonchev–Trinajstić information content (AvgIpc) is 3.63. The Kier molecular flexibility index (Phi) is 11.7. The smallest absolute Gasteiger partial charge is 0.243 e. The van der Waals surface area contributed by atoms with E-state index < -0.39 is 23.6 Å². The van der Waals surface area contributed by atoms with Crippen molar-refractivity contribution in [1.82, 2.24) is 25.8 Å². The third-order valence-electron chi connectivity index (χ3n) is 7.00. The molecule has 2 aromatic carbocycles. The molecule has 1 aliphatic heterocycles. The van der Waals surface area contributed by atoms with Gasteiger partial charge in [-0.2, -0.15) is 0 Å². The van der Waals surface area contributed by atoms with Crippen molar-refractivity contribution in [3.63, 3.8) is 0 Å². The third-order valence-corrected chi connectivity index (χ3v) is 7.78. The molecule has 11 heteroatoms. The van der Waals surface area contributed by atoms with Crippen LogP contribution >= 0.6 is 23.7 Å². The normalized spacial score (nSPS) is 16.6. The minimum absolute atomic E-state index is 0. The predicted octanol–water partition coefficient (Wildman–Crippen LogP) is 3.05. The summed E-state index contributed by atoms with van der Waals surface area (Å²) in [6.45, 7) is 6.91. The molecule has 0 saturated carbocycles. The number of aliphatic hydroxyl groups is 1. The van der Waals surface area contributed by atoms with E-state index in [1.54, 1.807) is 11.1 Å². The number of amides is 3. The molecule has 0 spiro atoms. The van der Waals surface area contributed by atoms with Gasteiger partial charge in [-0.15, -0.1) is 23.7 Å². The van der Waals surface area contributed by atoms with Crippen LogP contribution in [0.15, 0.2) is 54.0 Å². The van der Waals surface area contributed by atoms with Crippen LogP contribution in [0.2, 0.25) is 0 Å². The number of hydrogen-bond acceptors (Lipinski definition) is 7. The van der Waals surface area contributed by atoms with Gasteiger partial charge in [-0.3, -0.25) is 14.4 Å². The van der Waals surface area contributed by atoms with Crippen LogP contribution < -0.4 is 16.0 Å². The standard InChI is InChI=1S/C30H39N5O4S.ClH/c1-30(2,3)29(39)35-13-6-9-25(35)28(38)34-24(16-20-10-11-21-7-4-5-8-22(21)15-20)27(37)33-18-23(36)17-31-19-26-32-12-14-40-26;/h4-5,7-8,10-12,14-15,23-25,31,36H,6,9,13,16-19H2,1-3H3,(H,33,37)(H,34,38);1H/t23?,24-,25+;/m1./s1. The van der Waals surface area contributed by atoms with Crippen molar-refractivity contribution in [2.24, 2.45) is 5.41 Å². The van der Waals surface area contributed by atoms with Gasteiger partial charge in [0.15, 0.2) is 0 Å². The topological polar surface area (TPSA) is 124 Å². The van der Waals surface area contributed by atoms with E-state index in [1.165, 1.54) is 11.3 Å². The van der Waals surface area contributed by atoms with E-state index >= 15 is 0 Å². The predicted molar refractivity (Wildman–Crippen MR) is 164 cm³/mol. The van der Waals surface area contributed by atoms with Crippen LogP contribution in [0.4, 0.5) is 0 Å². The second-order valence-electron chi connectivity index (χ2n) is 11.3. The monoisotopic (exact) mass is 601 g/mol. The Bertz CT molecular complexity index is 1310. The molecule has 4 rings (SSSR count). The van der Waals surface area contributed by atoms with E-state index in [1.807, 2.05) is 68.6 Å². The molecule has 1 fully saturated rings. The lowest BCUT2D eigenvalue weighted by Crippen LogP contribution is -2.55. The van der Waals surface area contributed by atoms with Gasteiger partial charge < -0.3 is 26.0 Å². The summed E-state index contributed by atoms with van der Waals surface area (Å²) < 4.78 is 0. The fraction of sp³-hybridized carbons (Fsp3) is 0.467. The van der Waals surface area contributed by atoms with Gasteiger partial charge in [0, 0.05) is 49.6 Å². The number of rotatable bonds is 11. The minimum atomic E-state index is -0.865. The molecule has 1 saturated heterocycles. The van der Waals surface area contributed by atoms with E-state index in [0.717, 1.165) is 27.8 Å². The molecule has 9 nitrogen and oxygen atoms in total. The number of benzene rings is 2. The van der Waals surface area contributed by atoms with Gasteiger partial charge in [-0.1, -0.05) is 63.2 Å². The first kappa shape index (κ1) is 32.5. The molecule has 3 atom stereocenters. The number of carbonyl (C=O) groups excluding carboxylic acids is 3. The molecule has 1 unspecified atom stereocenters. The van der Waals surface area contributed by atoms with Crippen LogP contribution in [0.1, 0.15) is 44.2 Å². The summed E-state index contributed by atoms with van der Waals surface area (Å²) in [4.78, 5) is 45.6. The van der Waals surface area contributed by atoms with Crippen molar-refractivity contribution in [1.29, 1.82) is 0 Å². The lowest BCUT2D eigenvalue weighted by Gasteiger charge is -2.31. The zero-order chi connectivity index (χ0) is 28.7. The molecular weight excluding hydrogens is 562 g/mol. The summed E-state index contributed by atoms with van der Waals surface area (Å²) in [6, 6.07) is 12.5. The highest BCUT2D eigenvalue weighted by Gasteiger charge is 2.39. The number of likely N-dealkylation sites (tertiary alicyclic amines) is 1. The summed E-state index contributed by atoms with van der Waals surface area (Å²) in [6.07, 6.45) is 2.49. The molecule has 4 N–H and O–H groups in total. The van der Waals surface area contributed by atoms with Gasteiger partial charge >= 0.3 is 0 Å². The van der Waals surface area contributed by atoms with Crippen molar-refractivity contribution in [2.45, 2.75) is 64.8 Å². The number of thiazole rings is 1. The van der Waals surface area contributed by atoms with Crippen molar-refractivity contribution in [2.75, 3.05) is 19.6 Å². The largest absolute Gasteiger partial charge is 0.390 e. The van der Waals surface area contributed by atoms with Crippen LogP contribution in [0.3, 0.4) is 0 Å². The minimum Gasteiger partial charge on any atom is -0.390 e. The Hall–Kier alpha value is -3.05. The fourth-order valence-corrected chi connectivity index (χ4v) is 5.48. The number of fused-ring (bicyclic) bond motifs is 1. The van der Waals surface area contributed by atoms with Gasteiger partial charge in [0.05, 0.1) is 6.10 Å². The number of halogens is 1. The molecule has 1 aliphatic rings. The molecule has 41 heavy (non-hydrogen) atoms. The number of aromatic nitrogens is 1. The second-order valence-corrected chi connectivity index (χ2v) is 12.3. The third kappa shape index (κ3) is 8.97. The van der Waals surface area contributed by atoms with Gasteiger partial charge in [0.25, 0.3) is 0 Å². The first-order chi connectivity index (χ1) is 19.1. The molecule has 222 valence electrons. The van der Waals surface area contributed by atoms with Crippen LogP contribution in [0.25, 0.3) is 10.8 Å². The zero-order valence-electron chi connectivity index (χ0n) is 23.8. The molecule has 0 radical (unpaired) electrons. The van der Waals surface area contributed by atoms with Gasteiger partial charge in [0.1, 0.15) is 17.1 Å². The Morgan fingerprint density at radius 2 is 1.88 bits per heavy atom. The van der Waals surface area contributed by atoms with Gasteiger partial charge in [-0.25, -0.2) is 4.98 Å². The first-order valence-electron chi connectivity index (χ1n) is 13.8. The quantitative estimate of drug-likeness (QED) is 0.268. The van der Waals surface area contributed by atoms with Crippen LogP contribution in [0.5, 0.6) is 0 Å². The number of nitrogens with one attached hydrogen (secondary N) is 3. The average molecular weight is 602 g/mol. The summed E-state index contributed by atoms with van der Waals surface area (Å²) in [5.74, 6) is -0.789. The highest BCUT2D eigenvalue weighted by Crippen LogP contribution is 2.26. The maximum atomic E-state index is 13.4. The second kappa shape index (κ2) is 14.7. The molecule has 3 aromatic rings. The maximum absolute atomic E-state index is 13.4. The fourth-order valence-electron chi connectivity index (χ4n) is 4.89. The Balaban J connectivity index is 0.00000462. The SMILES string of the molecule is CC(C)(C)C(=O)N1CCC[C@H]1C(=O)N[C@H](Cc1ccc2ccccc2c1)C(=O)NCC(O)CNCc1nccs1.Cl. The van der Waals surface area contributed by atoms with E-state index in [0.29, 0.717) is 19.5 Å². The van der Waals surface area contributed by atoms with Crippen LogP contribution in [0, 0.1) is 5.41 Å². The summed E-state index contributed by atoms with van der Waals surface area (Å²) in [5, 5.41) is 24.2. The number of nitrogens with zero attached hydrogens (tertiary/aromatic N) is 2. The number of carbonyl (C=O) groups is 3. The van der Waals surface area contributed by atoms with Crippen molar-refractivity contribution in [3.8, 4) is 0 Å². The number of aliphatic hydroxyl groups excluding tert-OH is 1. The summed E-state index contributed by atoms with van der Waals surface area (Å²) in [7, 11) is 0. The molecule has 0 aliphatic carbocycles. The zero-order valence-corrected chi connectivity index (χ0v) is 25.4. The van der Waals surface area contributed by atoms with Crippen LogP contribution in [-0.4, -0.2) is 70.5 Å². The molecule has 3 amide bonds. The molecule has 1 aromatic heterocycles. The highest BCUT2D eigenvalue weighted by molar-refractivity contribution is 7.09. The van der Waals surface area contributed by atoms with Crippen molar-refractivity contribution < 1.29 is 19.5 Å². The molecule has 0 bridgehead atoms. The molecular formula is C30H40ClN5O4S. The number of hydrogen-bond donors (Lipinski definition) is 4. The maximum Gasteiger partial charge on any atom is 0.243 e. The molecule has 2 heterocycles. The van der Waals surface area contributed by atoms with Gasteiger partial charge in [-0.05, 0) is 29.2 Å². The highest BCUT2D eigenvalue weighted by atomic mass is 35.5. The van der Waals surface area contributed by atoms with E-state index in [2.05, 4.69) is 20.9 Å². The van der Waals surface area contributed by atoms with Crippen molar-refractivity contribution in [3.05, 3.63) is 64.6 Å². The Labute approximate surface area is 251 Å². The Morgan fingerprint density at radius 1 is 1.12 bits per heavy atom. The summed E-state index contributed by atoms with van der Waals surface area (Å²) in [5.41, 5.74) is 0.299. The summed E-state index contributed by atoms with van der Waals surface area (Å²) >= 11 is 1.53.